The second kappa shape index (κ2) is 10.7. The number of hydrogen-bond acceptors (Lipinski definition) is 6. The lowest BCUT2D eigenvalue weighted by molar-refractivity contribution is -0.135. The zero-order chi connectivity index (χ0) is 25.8. The first kappa shape index (κ1) is 25.9. The number of aliphatic hydroxyl groups is 1. The van der Waals surface area contributed by atoms with Crippen LogP contribution in [0.2, 0.25) is 0 Å². The van der Waals surface area contributed by atoms with E-state index in [1.165, 1.54) is 7.11 Å². The first-order valence-corrected chi connectivity index (χ1v) is 11.6. The highest BCUT2D eigenvalue weighted by Crippen LogP contribution is 2.34. The summed E-state index contributed by atoms with van der Waals surface area (Å²) >= 11 is 0. The molecular weight excluding hydrogens is 442 g/mol. The third-order valence-electron chi connectivity index (χ3n) is 5.88. The molecule has 0 aliphatic heterocycles. The summed E-state index contributed by atoms with van der Waals surface area (Å²) in [4.78, 5) is 28.9. The number of aromatic nitrogens is 2. The number of aliphatic hydroxyl groups excluding tert-OH is 1. The Morgan fingerprint density at radius 2 is 1.80 bits per heavy atom. The van der Waals surface area contributed by atoms with E-state index in [2.05, 4.69) is 15.8 Å². The number of Topliss-reactive ketones (excluding diaryl/α,β-unsaturated/α-hetero) is 1. The van der Waals surface area contributed by atoms with Crippen LogP contribution in [0.15, 0.2) is 48.5 Å². The van der Waals surface area contributed by atoms with Gasteiger partial charge in [-0.2, -0.15) is 5.26 Å². The van der Waals surface area contributed by atoms with Gasteiger partial charge in [0.25, 0.3) is 5.78 Å². The number of carbonyl (C=O) groups is 2. The average molecular weight is 474 g/mol. The number of rotatable bonds is 8. The number of imidazole rings is 1. The quantitative estimate of drug-likeness (QED) is 0.285. The Kier molecular flexibility index (Phi) is 7.88. The second-order valence-corrected chi connectivity index (χ2v) is 9.54. The van der Waals surface area contributed by atoms with Crippen LogP contribution in [0.4, 0.5) is 0 Å². The van der Waals surface area contributed by atoms with Crippen molar-refractivity contribution in [1.29, 1.82) is 5.26 Å². The van der Waals surface area contributed by atoms with Crippen LogP contribution in [0.5, 0.6) is 0 Å². The van der Waals surface area contributed by atoms with Crippen LogP contribution in [0.3, 0.4) is 0 Å². The van der Waals surface area contributed by atoms with Crippen LogP contribution in [0.25, 0.3) is 11.1 Å². The first-order valence-electron chi connectivity index (χ1n) is 11.6. The number of ketones is 1. The van der Waals surface area contributed by atoms with Gasteiger partial charge in [-0.05, 0) is 28.5 Å². The maximum atomic E-state index is 12.4. The van der Waals surface area contributed by atoms with Crippen molar-refractivity contribution in [2.75, 3.05) is 7.11 Å². The van der Waals surface area contributed by atoms with Crippen molar-refractivity contribution in [3.63, 3.8) is 0 Å². The highest BCUT2D eigenvalue weighted by Gasteiger charge is 2.31. The van der Waals surface area contributed by atoms with Gasteiger partial charge in [-0.1, -0.05) is 76.2 Å². The molecule has 0 radical (unpaired) electrons. The first-order chi connectivity index (χ1) is 16.6. The molecule has 0 bridgehead atoms. The van der Waals surface area contributed by atoms with Crippen molar-refractivity contribution < 1.29 is 19.4 Å². The Labute approximate surface area is 206 Å². The lowest BCUT2D eigenvalue weighted by Crippen LogP contribution is -2.19. The summed E-state index contributed by atoms with van der Waals surface area (Å²) in [5.41, 5.74) is 2.96. The number of ether oxygens (including phenoxy) is 1. The summed E-state index contributed by atoms with van der Waals surface area (Å²) in [6.07, 6.45) is 0.684. The topological polar surface area (TPSA) is 105 Å². The van der Waals surface area contributed by atoms with E-state index in [1.54, 1.807) is 24.3 Å². The smallest absolute Gasteiger partial charge is 0.379 e. The minimum absolute atomic E-state index is 0.277. The van der Waals surface area contributed by atoms with Crippen LogP contribution < -0.4 is 0 Å². The van der Waals surface area contributed by atoms with Gasteiger partial charge in [0, 0.05) is 18.5 Å². The highest BCUT2D eigenvalue weighted by molar-refractivity contribution is 6.41. The van der Waals surface area contributed by atoms with Gasteiger partial charge in [0.15, 0.2) is 0 Å². The van der Waals surface area contributed by atoms with Gasteiger partial charge in [0.05, 0.1) is 7.11 Å². The summed E-state index contributed by atoms with van der Waals surface area (Å²) in [7, 11) is 1.18. The summed E-state index contributed by atoms with van der Waals surface area (Å²) in [6, 6.07) is 16.8. The summed E-state index contributed by atoms with van der Waals surface area (Å²) in [5.74, 6) is -0.839. The lowest BCUT2D eigenvalue weighted by Gasteiger charge is -2.24. The van der Waals surface area contributed by atoms with Crippen LogP contribution in [0, 0.1) is 16.7 Å². The van der Waals surface area contributed by atoms with Gasteiger partial charge in [-0.3, -0.25) is 4.79 Å². The van der Waals surface area contributed by atoms with Gasteiger partial charge >= 0.3 is 5.97 Å². The molecule has 3 aromatic rings. The Balaban J connectivity index is 1.97. The molecule has 182 valence electrons. The van der Waals surface area contributed by atoms with E-state index in [9.17, 15) is 20.0 Å². The standard InChI is InChI=1S/C28H31N3O4/c1-6-9-23-30-24(26(33)28(2,3)4)22(16-29)31(23)17-18-12-14-19(15-13-18)20-10-7-8-11-21(20)25(32)27(34)35-5/h7-8,10-15,26,33H,6,9,17H2,1-5H3. The largest absolute Gasteiger partial charge is 0.463 e. The zero-order valence-electron chi connectivity index (χ0n) is 20.8. The fourth-order valence-corrected chi connectivity index (χ4v) is 3.93. The van der Waals surface area contributed by atoms with Crippen LogP contribution in [0.1, 0.15) is 73.4 Å². The van der Waals surface area contributed by atoms with Gasteiger partial charge in [0.1, 0.15) is 29.4 Å². The molecule has 7 heteroatoms. The van der Waals surface area contributed by atoms with Crippen molar-refractivity contribution in [2.45, 2.75) is 53.2 Å². The molecule has 0 saturated heterocycles. The van der Waals surface area contributed by atoms with E-state index in [0.29, 0.717) is 29.9 Å². The number of esters is 1. The zero-order valence-corrected chi connectivity index (χ0v) is 20.8. The molecule has 0 aliphatic carbocycles. The summed E-state index contributed by atoms with van der Waals surface area (Å²) in [5, 5.41) is 20.8. The van der Waals surface area contributed by atoms with Crippen LogP contribution in [-0.4, -0.2) is 33.5 Å². The lowest BCUT2D eigenvalue weighted by atomic mass is 9.86. The van der Waals surface area contributed by atoms with Crippen molar-refractivity contribution in [2.24, 2.45) is 5.41 Å². The van der Waals surface area contributed by atoms with Gasteiger partial charge in [-0.25, -0.2) is 9.78 Å². The molecule has 0 saturated carbocycles. The Morgan fingerprint density at radius 1 is 1.14 bits per heavy atom. The molecule has 2 aromatic carbocycles. The van der Waals surface area contributed by atoms with Crippen LogP contribution in [-0.2, 0) is 22.5 Å². The van der Waals surface area contributed by atoms with E-state index < -0.39 is 23.3 Å². The number of nitriles is 1. The summed E-state index contributed by atoms with van der Waals surface area (Å²) < 4.78 is 6.47. The number of benzene rings is 2. The van der Waals surface area contributed by atoms with E-state index >= 15 is 0 Å². The molecule has 0 amide bonds. The molecule has 7 nitrogen and oxygen atoms in total. The molecular formula is C28H31N3O4. The molecule has 3 rings (SSSR count). The Morgan fingerprint density at radius 3 is 2.37 bits per heavy atom. The second-order valence-electron chi connectivity index (χ2n) is 9.54. The normalized spacial score (nSPS) is 12.1. The van der Waals surface area contributed by atoms with Gasteiger partial charge in [-0.15, -0.1) is 0 Å². The molecule has 1 N–H and O–H groups in total. The summed E-state index contributed by atoms with van der Waals surface area (Å²) in [6.45, 7) is 8.22. The van der Waals surface area contributed by atoms with E-state index in [4.69, 9.17) is 0 Å². The molecule has 35 heavy (non-hydrogen) atoms. The molecule has 1 atom stereocenters. The monoisotopic (exact) mass is 473 g/mol. The molecule has 1 heterocycles. The minimum atomic E-state index is -0.907. The fourth-order valence-electron chi connectivity index (χ4n) is 3.93. The van der Waals surface area contributed by atoms with Crippen molar-refractivity contribution in [3.8, 4) is 17.2 Å². The maximum Gasteiger partial charge on any atom is 0.379 e. The van der Waals surface area contributed by atoms with Gasteiger partial charge in [0.2, 0.25) is 0 Å². The third-order valence-corrected chi connectivity index (χ3v) is 5.88. The molecule has 0 fully saturated rings. The van der Waals surface area contributed by atoms with Gasteiger partial charge < -0.3 is 14.4 Å². The van der Waals surface area contributed by atoms with Crippen molar-refractivity contribution in [3.05, 3.63) is 76.9 Å². The maximum absolute atomic E-state index is 12.4. The van der Waals surface area contributed by atoms with E-state index in [1.807, 2.05) is 56.5 Å². The predicted octanol–water partition coefficient (Wildman–Crippen LogP) is 4.86. The van der Waals surface area contributed by atoms with E-state index in [-0.39, 0.29) is 5.56 Å². The Bertz CT molecular complexity index is 1260. The molecule has 0 aliphatic rings. The van der Waals surface area contributed by atoms with Crippen molar-refractivity contribution in [1.82, 2.24) is 9.55 Å². The minimum Gasteiger partial charge on any atom is -0.463 e. The third kappa shape index (κ3) is 5.50. The van der Waals surface area contributed by atoms with Crippen LogP contribution >= 0.6 is 0 Å². The number of carbonyl (C=O) groups excluding carboxylic acids is 2. The number of hydrogen-bond donors (Lipinski definition) is 1. The number of methoxy groups -OCH3 is 1. The number of aryl methyl sites for hydroxylation is 1. The van der Waals surface area contributed by atoms with E-state index in [0.717, 1.165) is 23.4 Å². The number of nitrogens with zero attached hydrogens (tertiary/aromatic N) is 3. The SMILES string of the molecule is CCCc1nc(C(O)C(C)(C)C)c(C#N)n1Cc1ccc(-c2ccccc2C(=O)C(=O)OC)cc1. The highest BCUT2D eigenvalue weighted by atomic mass is 16.5. The van der Waals surface area contributed by atoms with Crippen molar-refractivity contribution >= 4 is 11.8 Å². The predicted molar refractivity (Wildman–Crippen MR) is 133 cm³/mol. The molecule has 0 spiro atoms. The molecule has 1 aromatic heterocycles. The molecule has 1 unspecified atom stereocenters. The fraction of sp³-hybridized carbons (Fsp3) is 0.357. The Hall–Kier alpha value is -3.76. The average Bonchev–Trinajstić information content (AvgIpc) is 3.19.